The lowest BCUT2D eigenvalue weighted by molar-refractivity contribution is 0.539. The summed E-state index contributed by atoms with van der Waals surface area (Å²) in [6, 6.07) is 8.74. The van der Waals surface area contributed by atoms with E-state index in [1.165, 1.54) is 6.42 Å². The molecule has 98 valence electrons. The fraction of sp³-hybridized carbons (Fsp3) is 0.500. The number of para-hydroxylation sites is 2. The minimum atomic E-state index is 0.572. The number of thioether (sulfide) groups is 1. The zero-order valence-electron chi connectivity index (χ0n) is 11.1. The van der Waals surface area contributed by atoms with Crippen molar-refractivity contribution in [3.63, 3.8) is 0 Å². The number of hydrogen-bond donors (Lipinski definition) is 2. The third kappa shape index (κ3) is 3.50. The molecular weight excluding hydrogens is 242 g/mol. The first-order chi connectivity index (χ1) is 8.83. The highest BCUT2D eigenvalue weighted by Gasteiger charge is 2.08. The molecule has 1 heterocycles. The van der Waals surface area contributed by atoms with E-state index < -0.39 is 0 Å². The Kier molecular flexibility index (Phi) is 5.08. The standard InChI is InChI=1S/C14H21N3S/c1-3-9-15-11(4-2)10-18-14-16-12-7-5-6-8-13(12)17-14/h5-8,11,15H,3-4,9-10H2,1-2H3,(H,16,17). The summed E-state index contributed by atoms with van der Waals surface area (Å²) >= 11 is 1.80. The lowest BCUT2D eigenvalue weighted by Gasteiger charge is -2.14. The summed E-state index contributed by atoms with van der Waals surface area (Å²) < 4.78 is 0. The number of nitrogens with zero attached hydrogens (tertiary/aromatic N) is 1. The third-order valence-electron chi connectivity index (χ3n) is 2.96. The van der Waals surface area contributed by atoms with Crippen LogP contribution < -0.4 is 5.32 Å². The van der Waals surface area contributed by atoms with Gasteiger partial charge < -0.3 is 10.3 Å². The molecule has 0 radical (unpaired) electrons. The summed E-state index contributed by atoms with van der Waals surface area (Å²) in [5, 5.41) is 4.58. The van der Waals surface area contributed by atoms with Crippen LogP contribution in [0.25, 0.3) is 11.0 Å². The number of aromatic amines is 1. The minimum Gasteiger partial charge on any atom is -0.333 e. The second kappa shape index (κ2) is 6.81. The molecule has 18 heavy (non-hydrogen) atoms. The van der Waals surface area contributed by atoms with Crippen molar-refractivity contribution < 1.29 is 0 Å². The molecule has 0 spiro atoms. The Morgan fingerprint density at radius 2 is 2.17 bits per heavy atom. The van der Waals surface area contributed by atoms with Crippen molar-refractivity contribution in [2.24, 2.45) is 0 Å². The van der Waals surface area contributed by atoms with E-state index in [9.17, 15) is 0 Å². The zero-order valence-corrected chi connectivity index (χ0v) is 11.9. The number of nitrogens with one attached hydrogen (secondary N) is 2. The van der Waals surface area contributed by atoms with Crippen LogP contribution in [0.5, 0.6) is 0 Å². The molecule has 0 aliphatic heterocycles. The SMILES string of the molecule is CCCNC(CC)CSc1nc2ccccc2[nH]1. The molecule has 2 aromatic rings. The lowest BCUT2D eigenvalue weighted by atomic mass is 10.2. The summed E-state index contributed by atoms with van der Waals surface area (Å²) in [6.45, 7) is 5.53. The third-order valence-corrected chi connectivity index (χ3v) is 4.00. The maximum Gasteiger partial charge on any atom is 0.166 e. The average Bonchev–Trinajstić information content (AvgIpc) is 2.81. The number of imidazole rings is 1. The van der Waals surface area contributed by atoms with Gasteiger partial charge in [0.25, 0.3) is 0 Å². The van der Waals surface area contributed by atoms with Crippen molar-refractivity contribution in [3.05, 3.63) is 24.3 Å². The first kappa shape index (κ1) is 13.4. The van der Waals surface area contributed by atoms with Crippen molar-refractivity contribution in [1.29, 1.82) is 0 Å². The van der Waals surface area contributed by atoms with Crippen LogP contribution >= 0.6 is 11.8 Å². The first-order valence-corrected chi connectivity index (χ1v) is 7.63. The molecule has 2 N–H and O–H groups in total. The molecule has 0 amide bonds. The normalized spacial score (nSPS) is 13.0. The second-order valence-corrected chi connectivity index (χ2v) is 5.44. The Morgan fingerprint density at radius 3 is 2.89 bits per heavy atom. The molecule has 0 saturated carbocycles. The Hall–Kier alpha value is -1.00. The molecule has 0 aliphatic carbocycles. The number of fused-ring (bicyclic) bond motifs is 1. The van der Waals surface area contributed by atoms with Crippen molar-refractivity contribution in [2.45, 2.75) is 37.9 Å². The highest BCUT2D eigenvalue weighted by Crippen LogP contribution is 2.20. The summed E-state index contributed by atoms with van der Waals surface area (Å²) in [5.74, 6) is 1.07. The molecule has 0 aliphatic rings. The van der Waals surface area contributed by atoms with E-state index in [1.807, 2.05) is 18.2 Å². The maximum atomic E-state index is 4.58. The highest BCUT2D eigenvalue weighted by molar-refractivity contribution is 7.99. The Bertz CT molecular complexity index is 448. The zero-order chi connectivity index (χ0) is 12.8. The fourth-order valence-corrected chi connectivity index (χ4v) is 2.90. The van der Waals surface area contributed by atoms with Gasteiger partial charge in [-0.1, -0.05) is 37.7 Å². The largest absolute Gasteiger partial charge is 0.333 e. The van der Waals surface area contributed by atoms with Gasteiger partial charge in [0.1, 0.15) is 0 Å². The van der Waals surface area contributed by atoms with Crippen LogP contribution in [0.4, 0.5) is 0 Å². The van der Waals surface area contributed by atoms with Crippen LogP contribution in [0, 0.1) is 0 Å². The summed E-state index contributed by atoms with van der Waals surface area (Å²) in [6.07, 6.45) is 2.35. The number of hydrogen-bond acceptors (Lipinski definition) is 3. The molecule has 2 rings (SSSR count). The molecule has 0 fully saturated rings. The predicted molar refractivity (Wildman–Crippen MR) is 79.2 cm³/mol. The molecule has 3 nitrogen and oxygen atoms in total. The van der Waals surface area contributed by atoms with Crippen LogP contribution in [0.1, 0.15) is 26.7 Å². The van der Waals surface area contributed by atoms with E-state index in [0.717, 1.165) is 34.9 Å². The molecule has 0 saturated heterocycles. The summed E-state index contributed by atoms with van der Waals surface area (Å²) in [7, 11) is 0. The predicted octanol–water partition coefficient (Wildman–Crippen LogP) is 3.43. The van der Waals surface area contributed by atoms with E-state index in [2.05, 4.69) is 35.2 Å². The molecule has 1 aromatic heterocycles. The topological polar surface area (TPSA) is 40.7 Å². The van der Waals surface area contributed by atoms with Crippen molar-refractivity contribution >= 4 is 22.8 Å². The van der Waals surface area contributed by atoms with Crippen LogP contribution in [0.3, 0.4) is 0 Å². The van der Waals surface area contributed by atoms with Crippen LogP contribution in [0.2, 0.25) is 0 Å². The maximum absolute atomic E-state index is 4.58. The van der Waals surface area contributed by atoms with Gasteiger partial charge in [-0.15, -0.1) is 0 Å². The number of rotatable bonds is 7. The van der Waals surface area contributed by atoms with Gasteiger partial charge in [0, 0.05) is 11.8 Å². The first-order valence-electron chi connectivity index (χ1n) is 6.64. The second-order valence-electron chi connectivity index (χ2n) is 4.43. The summed E-state index contributed by atoms with van der Waals surface area (Å²) in [4.78, 5) is 7.93. The smallest absolute Gasteiger partial charge is 0.166 e. The van der Waals surface area contributed by atoms with E-state index in [-0.39, 0.29) is 0 Å². The minimum absolute atomic E-state index is 0.572. The van der Waals surface area contributed by atoms with Gasteiger partial charge in [-0.3, -0.25) is 0 Å². The molecule has 1 atom stereocenters. The van der Waals surface area contributed by atoms with Gasteiger partial charge in [-0.2, -0.15) is 0 Å². The number of benzene rings is 1. The molecule has 1 unspecified atom stereocenters. The summed E-state index contributed by atoms with van der Waals surface area (Å²) in [5.41, 5.74) is 2.17. The molecule has 0 bridgehead atoms. The van der Waals surface area contributed by atoms with E-state index >= 15 is 0 Å². The Balaban J connectivity index is 1.92. The van der Waals surface area contributed by atoms with Gasteiger partial charge in [0.2, 0.25) is 0 Å². The van der Waals surface area contributed by atoms with Gasteiger partial charge >= 0.3 is 0 Å². The lowest BCUT2D eigenvalue weighted by Crippen LogP contribution is -2.31. The quantitative estimate of drug-likeness (QED) is 0.752. The van der Waals surface area contributed by atoms with Crippen molar-refractivity contribution in [1.82, 2.24) is 15.3 Å². The van der Waals surface area contributed by atoms with Gasteiger partial charge in [0.15, 0.2) is 5.16 Å². The van der Waals surface area contributed by atoms with E-state index in [4.69, 9.17) is 0 Å². The monoisotopic (exact) mass is 263 g/mol. The van der Waals surface area contributed by atoms with Crippen molar-refractivity contribution in [2.75, 3.05) is 12.3 Å². The highest BCUT2D eigenvalue weighted by atomic mass is 32.2. The van der Waals surface area contributed by atoms with Crippen LogP contribution in [-0.4, -0.2) is 28.3 Å². The van der Waals surface area contributed by atoms with Crippen LogP contribution in [-0.2, 0) is 0 Å². The average molecular weight is 263 g/mol. The Labute approximate surface area is 113 Å². The van der Waals surface area contributed by atoms with E-state index in [0.29, 0.717) is 6.04 Å². The molecule has 1 aromatic carbocycles. The number of aromatic nitrogens is 2. The Morgan fingerprint density at radius 1 is 1.33 bits per heavy atom. The van der Waals surface area contributed by atoms with E-state index in [1.54, 1.807) is 11.8 Å². The number of H-pyrrole nitrogens is 1. The van der Waals surface area contributed by atoms with Crippen LogP contribution in [0.15, 0.2) is 29.4 Å². The fourth-order valence-electron chi connectivity index (χ4n) is 1.85. The van der Waals surface area contributed by atoms with Gasteiger partial charge in [0.05, 0.1) is 11.0 Å². The van der Waals surface area contributed by atoms with Gasteiger partial charge in [-0.05, 0) is 31.5 Å². The molecular formula is C14H21N3S. The van der Waals surface area contributed by atoms with Gasteiger partial charge in [-0.25, -0.2) is 4.98 Å². The van der Waals surface area contributed by atoms with Crippen molar-refractivity contribution in [3.8, 4) is 0 Å². The molecule has 4 heteroatoms.